The van der Waals surface area contributed by atoms with Crippen molar-refractivity contribution in [1.29, 1.82) is 0 Å². The number of benzene rings is 3. The highest BCUT2D eigenvalue weighted by atomic mass is 16.5. The van der Waals surface area contributed by atoms with Gasteiger partial charge in [0.05, 0.1) is 23.9 Å². The van der Waals surface area contributed by atoms with Crippen LogP contribution >= 0.6 is 0 Å². The van der Waals surface area contributed by atoms with E-state index in [1.807, 2.05) is 78.6 Å². The Labute approximate surface area is 202 Å². The van der Waals surface area contributed by atoms with Gasteiger partial charge < -0.3 is 14.5 Å². The van der Waals surface area contributed by atoms with Gasteiger partial charge in [0.15, 0.2) is 0 Å². The number of carbonyl (C=O) groups excluding carboxylic acids is 2. The molecule has 1 aliphatic heterocycles. The van der Waals surface area contributed by atoms with E-state index < -0.39 is 0 Å². The molecule has 0 N–H and O–H groups in total. The van der Waals surface area contributed by atoms with E-state index in [9.17, 15) is 9.59 Å². The van der Waals surface area contributed by atoms with Gasteiger partial charge in [-0.25, -0.2) is 0 Å². The van der Waals surface area contributed by atoms with E-state index in [2.05, 4.69) is 19.9 Å². The summed E-state index contributed by atoms with van der Waals surface area (Å²) in [4.78, 5) is 30.3. The van der Waals surface area contributed by atoms with Crippen molar-refractivity contribution in [1.82, 2.24) is 0 Å². The number of anilines is 2. The third-order valence-corrected chi connectivity index (χ3v) is 6.46. The molecule has 0 aliphatic carbocycles. The van der Waals surface area contributed by atoms with E-state index in [1.165, 1.54) is 5.56 Å². The van der Waals surface area contributed by atoms with E-state index in [-0.39, 0.29) is 17.7 Å². The highest BCUT2D eigenvalue weighted by Crippen LogP contribution is 2.35. The maximum atomic E-state index is 13.3. The minimum Gasteiger partial charge on any atom is -0.493 e. The first-order chi connectivity index (χ1) is 16.5. The van der Waals surface area contributed by atoms with Gasteiger partial charge in [0.1, 0.15) is 5.75 Å². The molecule has 1 unspecified atom stereocenters. The zero-order valence-electron chi connectivity index (χ0n) is 20.2. The molecule has 34 heavy (non-hydrogen) atoms. The van der Waals surface area contributed by atoms with Crippen LogP contribution in [0.25, 0.3) is 0 Å². The third kappa shape index (κ3) is 4.98. The molecule has 1 atom stereocenters. The average molecular weight is 457 g/mol. The maximum Gasteiger partial charge on any atom is 0.258 e. The van der Waals surface area contributed by atoms with E-state index in [1.54, 1.807) is 4.90 Å². The zero-order valence-corrected chi connectivity index (χ0v) is 20.2. The maximum absolute atomic E-state index is 13.3. The molecule has 0 spiro atoms. The highest BCUT2D eigenvalue weighted by Gasteiger charge is 2.33. The van der Waals surface area contributed by atoms with Crippen molar-refractivity contribution in [2.75, 3.05) is 29.5 Å². The molecule has 0 radical (unpaired) electrons. The standard InChI is InChI=1S/C29H32N2O3/c1-21-12-11-17-27(23(21)3)34-19-10-9-18-30-25-15-7-8-16-26(25)31(20-22(2)28(30)32)29(33)24-13-5-4-6-14-24/h4-8,11-17,22H,9-10,18-20H2,1-3H3. The molecule has 3 aromatic carbocycles. The summed E-state index contributed by atoms with van der Waals surface area (Å²) in [6, 6.07) is 23.0. The lowest BCUT2D eigenvalue weighted by atomic mass is 10.1. The number of fused-ring (bicyclic) bond motifs is 1. The van der Waals surface area contributed by atoms with Crippen molar-refractivity contribution < 1.29 is 14.3 Å². The predicted octanol–water partition coefficient (Wildman–Crippen LogP) is 5.79. The summed E-state index contributed by atoms with van der Waals surface area (Å²) >= 11 is 0. The Morgan fingerprint density at radius 2 is 1.62 bits per heavy atom. The predicted molar refractivity (Wildman–Crippen MR) is 137 cm³/mol. The summed E-state index contributed by atoms with van der Waals surface area (Å²) in [5.74, 6) is 0.578. The molecular weight excluding hydrogens is 424 g/mol. The van der Waals surface area contributed by atoms with Crippen molar-refractivity contribution in [3.05, 3.63) is 89.5 Å². The van der Waals surface area contributed by atoms with Crippen LogP contribution in [0.15, 0.2) is 72.8 Å². The lowest BCUT2D eigenvalue weighted by molar-refractivity contribution is -0.121. The van der Waals surface area contributed by atoms with Crippen LogP contribution in [0.2, 0.25) is 0 Å². The number of para-hydroxylation sites is 2. The molecule has 5 heteroatoms. The van der Waals surface area contributed by atoms with Crippen LogP contribution in [-0.4, -0.2) is 31.5 Å². The molecule has 1 aliphatic rings. The molecule has 3 aromatic rings. The van der Waals surface area contributed by atoms with E-state index in [0.717, 1.165) is 35.5 Å². The smallest absolute Gasteiger partial charge is 0.258 e. The summed E-state index contributed by atoms with van der Waals surface area (Å²) in [6.45, 7) is 7.59. The van der Waals surface area contributed by atoms with Crippen LogP contribution in [0.3, 0.4) is 0 Å². The quantitative estimate of drug-likeness (QED) is 0.423. The first-order valence-electron chi connectivity index (χ1n) is 11.9. The molecule has 0 saturated carbocycles. The normalized spacial score (nSPS) is 15.6. The van der Waals surface area contributed by atoms with Crippen molar-refractivity contribution in [3.63, 3.8) is 0 Å². The van der Waals surface area contributed by atoms with Gasteiger partial charge in [-0.2, -0.15) is 0 Å². The lowest BCUT2D eigenvalue weighted by Gasteiger charge is -2.25. The second-order valence-electron chi connectivity index (χ2n) is 8.92. The van der Waals surface area contributed by atoms with Gasteiger partial charge in [-0.3, -0.25) is 9.59 Å². The Kier molecular flexibility index (Phi) is 7.31. The molecule has 0 fully saturated rings. The SMILES string of the molecule is Cc1cccc(OCCCCN2C(=O)C(C)CN(C(=O)c3ccccc3)c3ccccc32)c1C. The first kappa shape index (κ1) is 23.6. The number of hydrogen-bond acceptors (Lipinski definition) is 3. The fraction of sp³-hybridized carbons (Fsp3) is 0.310. The van der Waals surface area contributed by atoms with Crippen molar-refractivity contribution in [2.24, 2.45) is 5.92 Å². The number of rotatable bonds is 7. The minimum atomic E-state index is -0.300. The van der Waals surface area contributed by atoms with Crippen LogP contribution in [-0.2, 0) is 4.79 Å². The Hall–Kier alpha value is -3.60. The topological polar surface area (TPSA) is 49.9 Å². The van der Waals surface area contributed by atoms with Crippen molar-refractivity contribution in [2.45, 2.75) is 33.6 Å². The molecule has 0 bridgehead atoms. The first-order valence-corrected chi connectivity index (χ1v) is 11.9. The Morgan fingerprint density at radius 1 is 0.912 bits per heavy atom. The molecule has 0 saturated heterocycles. The fourth-order valence-corrected chi connectivity index (χ4v) is 4.35. The van der Waals surface area contributed by atoms with E-state index >= 15 is 0 Å². The van der Waals surface area contributed by atoms with Gasteiger partial charge in [0.25, 0.3) is 5.91 Å². The monoisotopic (exact) mass is 456 g/mol. The summed E-state index contributed by atoms with van der Waals surface area (Å²) in [6.07, 6.45) is 1.64. The van der Waals surface area contributed by atoms with Crippen LogP contribution in [0.5, 0.6) is 5.75 Å². The van der Waals surface area contributed by atoms with Gasteiger partial charge >= 0.3 is 0 Å². The number of nitrogens with zero attached hydrogens (tertiary/aromatic N) is 2. The van der Waals surface area contributed by atoms with Crippen molar-refractivity contribution in [3.8, 4) is 5.75 Å². The molecule has 2 amide bonds. The average Bonchev–Trinajstić information content (AvgIpc) is 2.96. The van der Waals surface area contributed by atoms with Gasteiger partial charge in [0.2, 0.25) is 5.91 Å². The summed E-state index contributed by atoms with van der Waals surface area (Å²) in [5.41, 5.74) is 4.57. The molecule has 176 valence electrons. The number of amides is 2. The highest BCUT2D eigenvalue weighted by molar-refractivity contribution is 6.11. The lowest BCUT2D eigenvalue weighted by Crippen LogP contribution is -2.38. The Bertz CT molecular complexity index is 1160. The largest absolute Gasteiger partial charge is 0.493 e. The molecular formula is C29H32N2O3. The van der Waals surface area contributed by atoms with Crippen molar-refractivity contribution >= 4 is 23.2 Å². The second-order valence-corrected chi connectivity index (χ2v) is 8.92. The summed E-state index contributed by atoms with van der Waals surface area (Å²) < 4.78 is 5.99. The molecule has 4 rings (SSSR count). The van der Waals surface area contributed by atoms with Crippen LogP contribution < -0.4 is 14.5 Å². The van der Waals surface area contributed by atoms with Gasteiger partial charge in [-0.05, 0) is 68.1 Å². The molecule has 0 aromatic heterocycles. The van der Waals surface area contributed by atoms with Gasteiger partial charge in [-0.15, -0.1) is 0 Å². The fourth-order valence-electron chi connectivity index (χ4n) is 4.35. The number of carbonyl (C=O) groups is 2. The zero-order chi connectivity index (χ0) is 24.1. The van der Waals surface area contributed by atoms with Crippen LogP contribution in [0.1, 0.15) is 41.3 Å². The van der Waals surface area contributed by atoms with Crippen LogP contribution in [0.4, 0.5) is 11.4 Å². The second kappa shape index (κ2) is 10.6. The molecule has 1 heterocycles. The van der Waals surface area contributed by atoms with Gasteiger partial charge in [-0.1, -0.05) is 49.4 Å². The van der Waals surface area contributed by atoms with E-state index in [4.69, 9.17) is 4.74 Å². The Morgan fingerprint density at radius 3 is 2.38 bits per heavy atom. The number of aryl methyl sites for hydroxylation is 1. The minimum absolute atomic E-state index is 0.0475. The number of unbranched alkanes of at least 4 members (excludes halogenated alkanes) is 1. The Balaban J connectivity index is 1.47. The number of hydrogen-bond donors (Lipinski definition) is 0. The van der Waals surface area contributed by atoms with Crippen LogP contribution in [0, 0.1) is 19.8 Å². The van der Waals surface area contributed by atoms with E-state index in [0.29, 0.717) is 25.3 Å². The summed E-state index contributed by atoms with van der Waals surface area (Å²) in [5, 5.41) is 0. The summed E-state index contributed by atoms with van der Waals surface area (Å²) in [7, 11) is 0. The third-order valence-electron chi connectivity index (χ3n) is 6.46. The molecule has 5 nitrogen and oxygen atoms in total. The number of ether oxygens (including phenoxy) is 1. The van der Waals surface area contributed by atoms with Gasteiger partial charge in [0, 0.05) is 18.7 Å².